The predicted octanol–water partition coefficient (Wildman–Crippen LogP) is 2.25. The van der Waals surface area contributed by atoms with Crippen molar-refractivity contribution in [3.8, 4) is 0 Å². The highest BCUT2D eigenvalue weighted by atomic mass is 16.2. The van der Waals surface area contributed by atoms with Crippen LogP contribution in [0.15, 0.2) is 12.2 Å². The van der Waals surface area contributed by atoms with E-state index in [1.54, 1.807) is 4.90 Å². The molecule has 1 N–H and O–H groups in total. The van der Waals surface area contributed by atoms with Crippen LogP contribution in [-0.2, 0) is 9.59 Å². The number of nitrogens with one attached hydrogen (secondary N) is 1. The second-order valence-corrected chi connectivity index (χ2v) is 5.95. The molecule has 1 aliphatic carbocycles. The molecule has 0 aromatic rings. The molecule has 0 aromatic heterocycles. The SMILES string of the molecule is C/C=C/CCN1C(=O)C(C2CCCCC2)NC(=O)C1C. The maximum Gasteiger partial charge on any atom is 0.246 e. The summed E-state index contributed by atoms with van der Waals surface area (Å²) in [6.07, 6.45) is 10.6. The van der Waals surface area contributed by atoms with Gasteiger partial charge in [0.05, 0.1) is 0 Å². The van der Waals surface area contributed by atoms with Crippen LogP contribution in [0.2, 0.25) is 0 Å². The van der Waals surface area contributed by atoms with Gasteiger partial charge in [-0.15, -0.1) is 0 Å². The summed E-state index contributed by atoms with van der Waals surface area (Å²) in [5.74, 6) is 0.450. The molecule has 0 bridgehead atoms. The standard InChI is InChI=1S/C16H26N2O2/c1-3-4-8-11-18-12(2)15(19)17-14(16(18)20)13-9-6-5-7-10-13/h3-4,12-14H,5-11H2,1-2H3,(H,17,19)/b4-3+. The van der Waals surface area contributed by atoms with Crippen LogP contribution in [0.1, 0.15) is 52.4 Å². The van der Waals surface area contributed by atoms with Crippen molar-refractivity contribution < 1.29 is 9.59 Å². The Labute approximate surface area is 121 Å². The van der Waals surface area contributed by atoms with Crippen molar-refractivity contribution >= 4 is 11.8 Å². The Bertz CT molecular complexity index is 386. The summed E-state index contributed by atoms with van der Waals surface area (Å²) in [4.78, 5) is 26.5. The molecular formula is C16H26N2O2. The van der Waals surface area contributed by atoms with E-state index in [4.69, 9.17) is 0 Å². The van der Waals surface area contributed by atoms with Gasteiger partial charge in [-0.3, -0.25) is 9.59 Å². The number of carbonyl (C=O) groups excluding carboxylic acids is 2. The summed E-state index contributed by atoms with van der Waals surface area (Å²) in [6.45, 7) is 4.43. The summed E-state index contributed by atoms with van der Waals surface area (Å²) in [6, 6.07) is -0.628. The third-order valence-corrected chi connectivity index (χ3v) is 4.59. The number of rotatable bonds is 4. The zero-order valence-electron chi connectivity index (χ0n) is 12.6. The average molecular weight is 278 g/mol. The molecule has 4 nitrogen and oxygen atoms in total. The van der Waals surface area contributed by atoms with E-state index in [1.165, 1.54) is 19.3 Å². The minimum atomic E-state index is -0.340. The third-order valence-electron chi connectivity index (χ3n) is 4.59. The number of nitrogens with zero attached hydrogens (tertiary/aromatic N) is 1. The molecule has 2 unspecified atom stereocenters. The zero-order valence-corrected chi connectivity index (χ0v) is 12.6. The highest BCUT2D eigenvalue weighted by Crippen LogP contribution is 2.29. The van der Waals surface area contributed by atoms with E-state index < -0.39 is 0 Å². The average Bonchev–Trinajstić information content (AvgIpc) is 2.47. The quantitative estimate of drug-likeness (QED) is 0.802. The molecular weight excluding hydrogens is 252 g/mol. The lowest BCUT2D eigenvalue weighted by Gasteiger charge is -2.41. The van der Waals surface area contributed by atoms with Crippen LogP contribution >= 0.6 is 0 Å². The molecule has 112 valence electrons. The van der Waals surface area contributed by atoms with Crippen molar-refractivity contribution in [2.45, 2.75) is 64.5 Å². The summed E-state index contributed by atoms with van der Waals surface area (Å²) in [5, 5.41) is 2.96. The maximum absolute atomic E-state index is 12.7. The number of allylic oxidation sites excluding steroid dienone is 1. The number of carbonyl (C=O) groups is 2. The van der Waals surface area contributed by atoms with E-state index >= 15 is 0 Å². The topological polar surface area (TPSA) is 49.4 Å². The molecule has 0 radical (unpaired) electrons. The summed E-state index contributed by atoms with van der Waals surface area (Å²) >= 11 is 0. The first-order chi connectivity index (χ1) is 9.65. The van der Waals surface area contributed by atoms with Crippen molar-refractivity contribution in [3.63, 3.8) is 0 Å². The largest absolute Gasteiger partial charge is 0.342 e. The van der Waals surface area contributed by atoms with Crippen molar-refractivity contribution in [2.24, 2.45) is 5.92 Å². The van der Waals surface area contributed by atoms with Crippen molar-refractivity contribution in [1.82, 2.24) is 10.2 Å². The normalized spacial score (nSPS) is 29.0. The van der Waals surface area contributed by atoms with Gasteiger partial charge in [-0.05, 0) is 39.0 Å². The Morgan fingerprint density at radius 1 is 1.25 bits per heavy atom. The first kappa shape index (κ1) is 15.1. The molecule has 4 heteroatoms. The number of piperazine rings is 1. The van der Waals surface area contributed by atoms with Gasteiger partial charge in [-0.1, -0.05) is 31.4 Å². The lowest BCUT2D eigenvalue weighted by molar-refractivity contribution is -0.150. The smallest absolute Gasteiger partial charge is 0.246 e. The highest BCUT2D eigenvalue weighted by molar-refractivity contribution is 5.96. The van der Waals surface area contributed by atoms with Gasteiger partial charge in [-0.2, -0.15) is 0 Å². The van der Waals surface area contributed by atoms with Crippen molar-refractivity contribution in [3.05, 3.63) is 12.2 Å². The van der Waals surface area contributed by atoms with Gasteiger partial charge in [0.1, 0.15) is 12.1 Å². The number of hydrogen-bond acceptors (Lipinski definition) is 2. The number of amides is 2. The molecule has 0 aromatic carbocycles. The summed E-state index contributed by atoms with van der Waals surface area (Å²) in [7, 11) is 0. The van der Waals surface area contributed by atoms with Gasteiger partial charge in [0.25, 0.3) is 0 Å². The fourth-order valence-electron chi connectivity index (χ4n) is 3.32. The number of hydrogen-bond donors (Lipinski definition) is 1. The molecule has 2 amide bonds. The Balaban J connectivity index is 2.06. The van der Waals surface area contributed by atoms with E-state index in [9.17, 15) is 9.59 Å². The van der Waals surface area contributed by atoms with Gasteiger partial charge >= 0.3 is 0 Å². The lowest BCUT2D eigenvalue weighted by Crippen LogP contribution is -2.64. The molecule has 2 atom stereocenters. The highest BCUT2D eigenvalue weighted by Gasteiger charge is 2.41. The Morgan fingerprint density at radius 3 is 2.60 bits per heavy atom. The second-order valence-electron chi connectivity index (χ2n) is 5.95. The van der Waals surface area contributed by atoms with E-state index in [1.807, 2.05) is 26.0 Å². The third kappa shape index (κ3) is 3.22. The van der Waals surface area contributed by atoms with Crippen molar-refractivity contribution in [2.75, 3.05) is 6.54 Å². The van der Waals surface area contributed by atoms with E-state index in [0.29, 0.717) is 12.5 Å². The predicted molar refractivity (Wildman–Crippen MR) is 79.1 cm³/mol. The molecule has 2 rings (SSSR count). The second kappa shape index (κ2) is 6.91. The van der Waals surface area contributed by atoms with E-state index in [-0.39, 0.29) is 23.9 Å². The van der Waals surface area contributed by atoms with Crippen LogP contribution in [0.5, 0.6) is 0 Å². The van der Waals surface area contributed by atoms with E-state index in [2.05, 4.69) is 5.32 Å². The molecule has 0 spiro atoms. The van der Waals surface area contributed by atoms with Crippen LogP contribution in [-0.4, -0.2) is 35.3 Å². The maximum atomic E-state index is 12.7. The molecule has 1 aliphatic heterocycles. The minimum Gasteiger partial charge on any atom is -0.342 e. The van der Waals surface area contributed by atoms with Crippen LogP contribution in [0.3, 0.4) is 0 Å². The van der Waals surface area contributed by atoms with E-state index in [0.717, 1.165) is 19.3 Å². The van der Waals surface area contributed by atoms with Gasteiger partial charge in [0.2, 0.25) is 11.8 Å². The van der Waals surface area contributed by atoms with Gasteiger partial charge in [0, 0.05) is 6.54 Å². The fourth-order valence-corrected chi connectivity index (χ4v) is 3.32. The molecule has 2 aliphatic rings. The minimum absolute atomic E-state index is 0.000603. The Morgan fingerprint density at radius 2 is 1.95 bits per heavy atom. The lowest BCUT2D eigenvalue weighted by atomic mass is 9.82. The molecule has 2 fully saturated rings. The molecule has 1 saturated heterocycles. The fraction of sp³-hybridized carbons (Fsp3) is 0.750. The van der Waals surface area contributed by atoms with Crippen LogP contribution in [0.4, 0.5) is 0 Å². The van der Waals surface area contributed by atoms with Crippen LogP contribution in [0.25, 0.3) is 0 Å². The summed E-state index contributed by atoms with van der Waals surface area (Å²) < 4.78 is 0. The molecule has 20 heavy (non-hydrogen) atoms. The van der Waals surface area contributed by atoms with Crippen LogP contribution < -0.4 is 5.32 Å². The van der Waals surface area contributed by atoms with Crippen molar-refractivity contribution in [1.29, 1.82) is 0 Å². The monoisotopic (exact) mass is 278 g/mol. The summed E-state index contributed by atoms with van der Waals surface area (Å²) in [5.41, 5.74) is 0. The first-order valence-corrected chi connectivity index (χ1v) is 7.87. The Kier molecular flexibility index (Phi) is 5.21. The Hall–Kier alpha value is -1.32. The van der Waals surface area contributed by atoms with Gasteiger partial charge in [-0.25, -0.2) is 0 Å². The zero-order chi connectivity index (χ0) is 14.5. The van der Waals surface area contributed by atoms with Crippen LogP contribution in [0, 0.1) is 5.92 Å². The molecule has 1 saturated carbocycles. The van der Waals surface area contributed by atoms with Gasteiger partial charge in [0.15, 0.2) is 0 Å². The van der Waals surface area contributed by atoms with Gasteiger partial charge < -0.3 is 10.2 Å². The first-order valence-electron chi connectivity index (χ1n) is 7.87. The molecule has 1 heterocycles.